The molecule has 7 heteroatoms. The zero-order chi connectivity index (χ0) is 15.4. The second-order valence-electron chi connectivity index (χ2n) is 4.42. The van der Waals surface area contributed by atoms with Gasteiger partial charge in [0.15, 0.2) is 11.6 Å². The van der Waals surface area contributed by atoms with Crippen molar-refractivity contribution in [3.8, 4) is 5.75 Å². The van der Waals surface area contributed by atoms with Crippen LogP contribution >= 0.6 is 0 Å². The molecule has 0 aliphatic rings. The van der Waals surface area contributed by atoms with Crippen LogP contribution in [0.1, 0.15) is 11.3 Å². The fourth-order valence-electron chi connectivity index (χ4n) is 1.78. The van der Waals surface area contributed by atoms with E-state index in [1.54, 1.807) is 6.20 Å². The van der Waals surface area contributed by atoms with E-state index in [0.29, 0.717) is 6.54 Å². The second kappa shape index (κ2) is 6.17. The van der Waals surface area contributed by atoms with E-state index in [1.165, 1.54) is 13.2 Å². The molecule has 110 valence electrons. The molecule has 6 nitrogen and oxygen atoms in total. The molecule has 0 unspecified atom stereocenters. The molecule has 0 saturated heterocycles. The summed E-state index contributed by atoms with van der Waals surface area (Å²) in [7, 11) is 1.30. The van der Waals surface area contributed by atoms with Crippen LogP contribution in [0.5, 0.6) is 5.75 Å². The molecular formula is C14H14FN3O3. The molecule has 0 aliphatic carbocycles. The molecule has 2 rings (SSSR count). The van der Waals surface area contributed by atoms with Crippen LogP contribution in [0.15, 0.2) is 30.5 Å². The topological polar surface area (TPSA) is 77.3 Å². The number of hydrogen-bond donors (Lipinski definition) is 1. The summed E-state index contributed by atoms with van der Waals surface area (Å²) in [5, 5.41) is 13.7. The maximum atomic E-state index is 13.9. The van der Waals surface area contributed by atoms with Crippen LogP contribution in [-0.4, -0.2) is 17.0 Å². The van der Waals surface area contributed by atoms with E-state index in [9.17, 15) is 14.5 Å². The van der Waals surface area contributed by atoms with Crippen molar-refractivity contribution in [2.45, 2.75) is 13.5 Å². The molecule has 1 aromatic carbocycles. The van der Waals surface area contributed by atoms with Crippen molar-refractivity contribution in [3.63, 3.8) is 0 Å². The Morgan fingerprint density at radius 1 is 1.43 bits per heavy atom. The van der Waals surface area contributed by atoms with Crippen molar-refractivity contribution >= 4 is 11.4 Å². The lowest BCUT2D eigenvalue weighted by Crippen LogP contribution is -2.04. The Labute approximate surface area is 120 Å². The van der Waals surface area contributed by atoms with Gasteiger partial charge in [-0.05, 0) is 18.6 Å². The minimum Gasteiger partial charge on any atom is -0.490 e. The molecule has 0 saturated carbocycles. The van der Waals surface area contributed by atoms with Gasteiger partial charge < -0.3 is 10.1 Å². The number of benzene rings is 1. The third-order valence-electron chi connectivity index (χ3n) is 2.92. The first-order valence-corrected chi connectivity index (χ1v) is 6.18. The Balaban J connectivity index is 2.20. The van der Waals surface area contributed by atoms with E-state index in [1.807, 2.05) is 19.1 Å². The normalized spacial score (nSPS) is 10.2. The first-order chi connectivity index (χ1) is 10.0. The second-order valence-corrected chi connectivity index (χ2v) is 4.42. The Morgan fingerprint density at radius 2 is 2.19 bits per heavy atom. The van der Waals surface area contributed by atoms with Crippen molar-refractivity contribution in [2.24, 2.45) is 0 Å². The number of pyridine rings is 1. The third-order valence-corrected chi connectivity index (χ3v) is 2.92. The fourth-order valence-corrected chi connectivity index (χ4v) is 1.78. The fraction of sp³-hybridized carbons (Fsp3) is 0.214. The summed E-state index contributed by atoms with van der Waals surface area (Å²) < 4.78 is 18.8. The third kappa shape index (κ3) is 3.44. The molecule has 0 atom stereocenters. The van der Waals surface area contributed by atoms with Crippen molar-refractivity contribution in [3.05, 3.63) is 57.7 Å². The Hall–Kier alpha value is -2.70. The summed E-state index contributed by atoms with van der Waals surface area (Å²) >= 11 is 0. The zero-order valence-corrected chi connectivity index (χ0v) is 11.6. The van der Waals surface area contributed by atoms with Gasteiger partial charge in [0.1, 0.15) is 0 Å². The Kier molecular flexibility index (Phi) is 4.32. The van der Waals surface area contributed by atoms with Crippen molar-refractivity contribution in [1.82, 2.24) is 4.98 Å². The number of anilines is 1. The van der Waals surface area contributed by atoms with Crippen LogP contribution in [0.4, 0.5) is 15.8 Å². The minimum absolute atomic E-state index is 0.00549. The highest BCUT2D eigenvalue weighted by atomic mass is 19.1. The molecule has 0 bridgehead atoms. The number of aromatic nitrogens is 1. The summed E-state index contributed by atoms with van der Waals surface area (Å²) in [4.78, 5) is 14.2. The highest BCUT2D eigenvalue weighted by Crippen LogP contribution is 2.32. The van der Waals surface area contributed by atoms with Crippen LogP contribution in [0.3, 0.4) is 0 Å². The van der Waals surface area contributed by atoms with Gasteiger partial charge in [0, 0.05) is 24.5 Å². The molecule has 1 N–H and O–H groups in total. The van der Waals surface area contributed by atoms with Gasteiger partial charge in [-0.25, -0.2) is 4.39 Å². The number of nitro benzene ring substituents is 1. The molecule has 0 fully saturated rings. The van der Waals surface area contributed by atoms with Gasteiger partial charge in [-0.3, -0.25) is 15.1 Å². The number of nitro groups is 1. The smallest absolute Gasteiger partial charge is 0.313 e. The predicted octanol–water partition coefficient (Wildman–Crippen LogP) is 3.06. The van der Waals surface area contributed by atoms with Gasteiger partial charge in [-0.2, -0.15) is 0 Å². The van der Waals surface area contributed by atoms with Crippen molar-refractivity contribution in [1.29, 1.82) is 0 Å². The predicted molar refractivity (Wildman–Crippen MR) is 75.9 cm³/mol. The minimum atomic E-state index is -0.706. The van der Waals surface area contributed by atoms with E-state index in [2.05, 4.69) is 10.3 Å². The summed E-state index contributed by atoms with van der Waals surface area (Å²) in [6.45, 7) is 2.23. The molecule has 0 spiro atoms. The molecule has 1 aromatic heterocycles. The average molecular weight is 291 g/mol. The van der Waals surface area contributed by atoms with Crippen LogP contribution < -0.4 is 10.1 Å². The van der Waals surface area contributed by atoms with E-state index in [-0.39, 0.29) is 11.4 Å². The summed E-state index contributed by atoms with van der Waals surface area (Å²) in [6, 6.07) is 5.84. The maximum absolute atomic E-state index is 13.9. The summed E-state index contributed by atoms with van der Waals surface area (Å²) in [5.74, 6) is -0.700. The van der Waals surface area contributed by atoms with E-state index in [4.69, 9.17) is 4.74 Å². The number of nitrogens with one attached hydrogen (secondary N) is 1. The van der Waals surface area contributed by atoms with Gasteiger partial charge in [-0.15, -0.1) is 0 Å². The lowest BCUT2D eigenvalue weighted by atomic mass is 10.2. The van der Waals surface area contributed by atoms with E-state index in [0.717, 1.165) is 17.3 Å². The monoisotopic (exact) mass is 291 g/mol. The Morgan fingerprint density at radius 3 is 2.76 bits per heavy atom. The highest BCUT2D eigenvalue weighted by Gasteiger charge is 2.19. The number of aryl methyl sites for hydroxylation is 1. The van der Waals surface area contributed by atoms with Crippen molar-refractivity contribution < 1.29 is 14.1 Å². The van der Waals surface area contributed by atoms with Gasteiger partial charge in [0.25, 0.3) is 0 Å². The lowest BCUT2D eigenvalue weighted by Gasteiger charge is -2.10. The first kappa shape index (κ1) is 14.7. The lowest BCUT2D eigenvalue weighted by molar-refractivity contribution is -0.385. The number of hydrogen-bond acceptors (Lipinski definition) is 5. The van der Waals surface area contributed by atoms with E-state index >= 15 is 0 Å². The van der Waals surface area contributed by atoms with Gasteiger partial charge in [-0.1, -0.05) is 6.07 Å². The number of methoxy groups -OCH3 is 1. The SMILES string of the molecule is COc1cc(NCc2ccc(C)nc2)c(F)cc1[N+](=O)[O-]. The quantitative estimate of drug-likeness (QED) is 0.676. The van der Waals surface area contributed by atoms with Gasteiger partial charge in [0.05, 0.1) is 23.8 Å². The largest absolute Gasteiger partial charge is 0.490 e. The number of rotatable bonds is 5. The summed E-state index contributed by atoms with van der Waals surface area (Å²) in [6.07, 6.45) is 1.68. The van der Waals surface area contributed by atoms with Crippen molar-refractivity contribution in [2.75, 3.05) is 12.4 Å². The molecule has 1 heterocycles. The van der Waals surface area contributed by atoms with Gasteiger partial charge in [0.2, 0.25) is 0 Å². The Bertz CT molecular complexity index is 659. The first-order valence-electron chi connectivity index (χ1n) is 6.18. The number of nitrogens with zero attached hydrogens (tertiary/aromatic N) is 2. The summed E-state index contributed by atoms with van der Waals surface area (Å²) in [5.41, 5.74) is 1.50. The van der Waals surface area contributed by atoms with E-state index < -0.39 is 16.4 Å². The molecule has 0 aliphatic heterocycles. The number of ether oxygens (including phenoxy) is 1. The molecular weight excluding hydrogens is 277 g/mol. The van der Waals surface area contributed by atoms with Crippen LogP contribution in [0, 0.1) is 22.9 Å². The molecule has 21 heavy (non-hydrogen) atoms. The molecule has 0 radical (unpaired) electrons. The standard InChI is InChI=1S/C14H14FN3O3/c1-9-3-4-10(7-16-9)8-17-12-6-14(21-2)13(18(19)20)5-11(12)15/h3-7,17H,8H2,1-2H3. The maximum Gasteiger partial charge on any atom is 0.313 e. The molecule has 2 aromatic rings. The van der Waals surface area contributed by atoms with Crippen LogP contribution in [-0.2, 0) is 6.54 Å². The number of halogens is 1. The van der Waals surface area contributed by atoms with Gasteiger partial charge >= 0.3 is 5.69 Å². The molecule has 0 amide bonds. The highest BCUT2D eigenvalue weighted by molar-refractivity contribution is 5.59. The average Bonchev–Trinajstić information content (AvgIpc) is 2.47. The van der Waals surface area contributed by atoms with Crippen LogP contribution in [0.2, 0.25) is 0 Å². The van der Waals surface area contributed by atoms with Crippen LogP contribution in [0.25, 0.3) is 0 Å². The zero-order valence-electron chi connectivity index (χ0n) is 11.6.